The van der Waals surface area contributed by atoms with Gasteiger partial charge in [0, 0.05) is 19.1 Å². The van der Waals surface area contributed by atoms with E-state index < -0.39 is 18.1 Å². The third-order valence-corrected chi connectivity index (χ3v) is 5.69. The van der Waals surface area contributed by atoms with Crippen LogP contribution in [0.1, 0.15) is 44.1 Å². The molecule has 1 N–H and O–H groups in total. The maximum Gasteiger partial charge on any atom is 0.393 e. The lowest BCUT2D eigenvalue weighted by Gasteiger charge is -2.36. The molecule has 7 heteroatoms. The van der Waals surface area contributed by atoms with Crippen molar-refractivity contribution in [3.05, 3.63) is 35.6 Å². The highest BCUT2D eigenvalue weighted by atomic mass is 19.4. The number of rotatable bonds is 4. The van der Waals surface area contributed by atoms with E-state index in [4.69, 9.17) is 0 Å². The molecule has 1 heterocycles. The third-order valence-electron chi connectivity index (χ3n) is 5.69. The molecule has 2 fully saturated rings. The van der Waals surface area contributed by atoms with Crippen LogP contribution in [0.15, 0.2) is 24.3 Å². The summed E-state index contributed by atoms with van der Waals surface area (Å²) in [6.07, 6.45) is -1.04. The Labute approximate surface area is 157 Å². The van der Waals surface area contributed by atoms with Crippen LogP contribution in [0.2, 0.25) is 0 Å². The summed E-state index contributed by atoms with van der Waals surface area (Å²) in [5.74, 6) is -2.33. The first-order chi connectivity index (χ1) is 12.8. The number of likely N-dealkylation sites (tertiary alicyclic amines) is 1. The van der Waals surface area contributed by atoms with Crippen molar-refractivity contribution in [3.8, 4) is 0 Å². The van der Waals surface area contributed by atoms with E-state index >= 15 is 0 Å². The summed E-state index contributed by atoms with van der Waals surface area (Å²) in [5.41, 5.74) is 0.834. The van der Waals surface area contributed by atoms with Gasteiger partial charge in [-0.25, -0.2) is 4.39 Å². The maximum absolute atomic E-state index is 13.3. The Morgan fingerprint density at radius 2 is 1.93 bits per heavy atom. The molecule has 27 heavy (non-hydrogen) atoms. The summed E-state index contributed by atoms with van der Waals surface area (Å²) in [7, 11) is 0. The summed E-state index contributed by atoms with van der Waals surface area (Å²) in [6.45, 7) is 1.83. The van der Waals surface area contributed by atoms with Crippen molar-refractivity contribution in [2.45, 2.75) is 57.3 Å². The minimum atomic E-state index is -4.27. The van der Waals surface area contributed by atoms with Gasteiger partial charge in [0.25, 0.3) is 0 Å². The number of amides is 1. The van der Waals surface area contributed by atoms with E-state index in [1.807, 2.05) is 6.07 Å². The van der Waals surface area contributed by atoms with E-state index in [9.17, 15) is 22.4 Å². The summed E-state index contributed by atoms with van der Waals surface area (Å²) >= 11 is 0. The zero-order chi connectivity index (χ0) is 19.4. The van der Waals surface area contributed by atoms with Gasteiger partial charge in [-0.05, 0) is 49.9 Å². The van der Waals surface area contributed by atoms with E-state index in [2.05, 4.69) is 10.2 Å². The second-order valence-electron chi connectivity index (χ2n) is 7.75. The molecule has 0 spiro atoms. The Morgan fingerprint density at radius 3 is 2.67 bits per heavy atom. The molecule has 0 bridgehead atoms. The Balaban J connectivity index is 1.57. The zero-order valence-corrected chi connectivity index (χ0v) is 15.3. The number of halogens is 4. The Bertz CT molecular complexity index is 649. The van der Waals surface area contributed by atoms with Gasteiger partial charge in [0.15, 0.2) is 0 Å². The number of carbonyl (C=O) groups is 1. The van der Waals surface area contributed by atoms with Crippen LogP contribution in [0.25, 0.3) is 0 Å². The Kier molecular flexibility index (Phi) is 6.40. The van der Waals surface area contributed by atoms with Crippen LogP contribution in [-0.2, 0) is 11.3 Å². The quantitative estimate of drug-likeness (QED) is 0.784. The van der Waals surface area contributed by atoms with Crippen molar-refractivity contribution in [2.75, 3.05) is 13.1 Å². The average Bonchev–Trinajstić information content (AvgIpc) is 2.61. The van der Waals surface area contributed by atoms with E-state index in [-0.39, 0.29) is 24.1 Å². The number of piperidine rings is 1. The molecular weight excluding hydrogens is 360 g/mol. The van der Waals surface area contributed by atoms with E-state index in [0.717, 1.165) is 18.5 Å². The fourth-order valence-corrected chi connectivity index (χ4v) is 4.30. The normalized spacial score (nSPS) is 27.3. The van der Waals surface area contributed by atoms with Crippen LogP contribution in [0.4, 0.5) is 17.6 Å². The lowest BCUT2D eigenvalue weighted by molar-refractivity contribution is -0.189. The highest BCUT2D eigenvalue weighted by molar-refractivity contribution is 5.79. The number of nitrogens with zero attached hydrogens (tertiary/aromatic N) is 1. The highest BCUT2D eigenvalue weighted by Crippen LogP contribution is 2.38. The second kappa shape index (κ2) is 8.59. The predicted molar refractivity (Wildman–Crippen MR) is 94.3 cm³/mol. The number of nitrogens with one attached hydrogen (secondary N) is 1. The lowest BCUT2D eigenvalue weighted by Crippen LogP contribution is -2.51. The van der Waals surface area contributed by atoms with Gasteiger partial charge in [0.2, 0.25) is 5.91 Å². The second-order valence-corrected chi connectivity index (χ2v) is 7.75. The standard InChI is InChI=1S/C20H26F4N2O/c21-16-7-3-5-14(11-16)12-26-10-4-6-15(13-26)19(27)25-18-9-2-1-8-17(18)20(22,23)24/h3,5,7,11,15,17-18H,1-2,4,6,8-10,12-13H2,(H,25,27). The minimum Gasteiger partial charge on any atom is -0.352 e. The molecule has 3 atom stereocenters. The fourth-order valence-electron chi connectivity index (χ4n) is 4.30. The van der Waals surface area contributed by atoms with Crippen LogP contribution in [0, 0.1) is 17.7 Å². The van der Waals surface area contributed by atoms with Crippen molar-refractivity contribution in [1.82, 2.24) is 10.2 Å². The van der Waals surface area contributed by atoms with Gasteiger partial charge in [-0.15, -0.1) is 0 Å². The van der Waals surface area contributed by atoms with Gasteiger partial charge in [0.05, 0.1) is 11.8 Å². The van der Waals surface area contributed by atoms with Crippen LogP contribution in [0.3, 0.4) is 0 Å². The van der Waals surface area contributed by atoms with Crippen LogP contribution < -0.4 is 5.32 Å². The number of hydrogen-bond acceptors (Lipinski definition) is 2. The Hall–Kier alpha value is -1.63. The molecular formula is C20H26F4N2O. The van der Waals surface area contributed by atoms with E-state index in [1.165, 1.54) is 12.1 Å². The molecule has 1 aliphatic carbocycles. The molecule has 3 nitrogen and oxygen atoms in total. The fraction of sp³-hybridized carbons (Fsp3) is 0.650. The predicted octanol–water partition coefficient (Wildman–Crippen LogP) is 4.28. The van der Waals surface area contributed by atoms with Crippen molar-refractivity contribution in [1.29, 1.82) is 0 Å². The van der Waals surface area contributed by atoms with Crippen molar-refractivity contribution in [2.24, 2.45) is 11.8 Å². The highest BCUT2D eigenvalue weighted by Gasteiger charge is 2.46. The van der Waals surface area contributed by atoms with E-state index in [1.54, 1.807) is 6.07 Å². The van der Waals surface area contributed by atoms with Crippen molar-refractivity contribution >= 4 is 5.91 Å². The van der Waals surface area contributed by atoms with Gasteiger partial charge in [-0.1, -0.05) is 25.0 Å². The van der Waals surface area contributed by atoms with Crippen LogP contribution >= 0.6 is 0 Å². The minimum absolute atomic E-state index is 0.0881. The SMILES string of the molecule is O=C(NC1CCCCC1C(F)(F)F)C1CCCN(Cc2cccc(F)c2)C1. The van der Waals surface area contributed by atoms with Gasteiger partial charge in [0.1, 0.15) is 5.82 Å². The van der Waals surface area contributed by atoms with Gasteiger partial charge in [-0.2, -0.15) is 13.2 Å². The molecule has 2 aliphatic rings. The third kappa shape index (κ3) is 5.43. The topological polar surface area (TPSA) is 32.3 Å². The first-order valence-corrected chi connectivity index (χ1v) is 9.67. The summed E-state index contributed by atoms with van der Waals surface area (Å²) in [6, 6.07) is 5.53. The number of benzene rings is 1. The van der Waals surface area contributed by atoms with Crippen molar-refractivity contribution < 1.29 is 22.4 Å². The molecule has 1 aromatic carbocycles. The zero-order valence-electron chi connectivity index (χ0n) is 15.3. The van der Waals surface area contributed by atoms with Crippen LogP contribution in [-0.4, -0.2) is 36.1 Å². The van der Waals surface area contributed by atoms with Crippen LogP contribution in [0.5, 0.6) is 0 Å². The first-order valence-electron chi connectivity index (χ1n) is 9.67. The molecule has 1 saturated heterocycles. The molecule has 0 radical (unpaired) electrons. The Morgan fingerprint density at radius 1 is 1.15 bits per heavy atom. The van der Waals surface area contributed by atoms with E-state index in [0.29, 0.717) is 38.8 Å². The van der Waals surface area contributed by atoms with Gasteiger partial charge in [-0.3, -0.25) is 9.69 Å². The molecule has 1 aromatic rings. The lowest BCUT2D eigenvalue weighted by atomic mass is 9.83. The first kappa shape index (κ1) is 20.1. The van der Waals surface area contributed by atoms with Gasteiger partial charge < -0.3 is 5.32 Å². The number of hydrogen-bond donors (Lipinski definition) is 1. The molecule has 3 unspecified atom stereocenters. The molecule has 3 rings (SSSR count). The number of alkyl halides is 3. The van der Waals surface area contributed by atoms with Crippen molar-refractivity contribution in [3.63, 3.8) is 0 Å². The maximum atomic E-state index is 13.3. The molecule has 1 aliphatic heterocycles. The summed E-state index contributed by atoms with van der Waals surface area (Å²) in [4.78, 5) is 14.7. The molecule has 1 saturated carbocycles. The smallest absolute Gasteiger partial charge is 0.352 e. The van der Waals surface area contributed by atoms with Gasteiger partial charge >= 0.3 is 6.18 Å². The molecule has 0 aromatic heterocycles. The monoisotopic (exact) mass is 386 g/mol. The number of carbonyl (C=O) groups excluding carboxylic acids is 1. The summed E-state index contributed by atoms with van der Waals surface area (Å²) in [5, 5.41) is 2.69. The average molecular weight is 386 g/mol. The molecule has 1 amide bonds. The molecule has 150 valence electrons. The summed E-state index contributed by atoms with van der Waals surface area (Å²) < 4.78 is 53.0. The largest absolute Gasteiger partial charge is 0.393 e.